The molecule has 5 nitrogen and oxygen atoms in total. The Labute approximate surface area is 142 Å². The molecule has 3 heterocycles. The zero-order chi connectivity index (χ0) is 14.8. The number of nitrogens with one attached hydrogen (secondary N) is 1. The summed E-state index contributed by atoms with van der Waals surface area (Å²) in [5.41, 5.74) is 2.49. The number of fused-ring (bicyclic) bond motifs is 1. The van der Waals surface area contributed by atoms with Crippen LogP contribution in [0, 0.1) is 0 Å². The van der Waals surface area contributed by atoms with E-state index < -0.39 is 0 Å². The summed E-state index contributed by atoms with van der Waals surface area (Å²) in [6.45, 7) is 4.16. The van der Waals surface area contributed by atoms with Gasteiger partial charge in [0.15, 0.2) is 11.5 Å². The minimum atomic E-state index is 0. The molecule has 2 aliphatic heterocycles. The van der Waals surface area contributed by atoms with Gasteiger partial charge in [-0.25, -0.2) is 0 Å². The van der Waals surface area contributed by atoms with Crippen molar-refractivity contribution in [3.63, 3.8) is 0 Å². The molecule has 1 aromatic heterocycles. The van der Waals surface area contributed by atoms with Crippen LogP contribution in [-0.4, -0.2) is 36.3 Å². The lowest BCUT2D eigenvalue weighted by molar-refractivity contribution is 0.148. The van der Waals surface area contributed by atoms with Crippen molar-refractivity contribution >= 4 is 12.4 Å². The van der Waals surface area contributed by atoms with Crippen LogP contribution in [0.15, 0.2) is 42.7 Å². The van der Waals surface area contributed by atoms with E-state index in [0.29, 0.717) is 12.8 Å². The topological polar surface area (TPSA) is 46.6 Å². The molecule has 0 radical (unpaired) electrons. The maximum absolute atomic E-state index is 5.64. The van der Waals surface area contributed by atoms with Crippen LogP contribution in [0.4, 0.5) is 0 Å². The number of ether oxygens (including phenoxy) is 2. The fourth-order valence-electron chi connectivity index (χ4n) is 3.18. The molecule has 0 saturated carbocycles. The van der Waals surface area contributed by atoms with Gasteiger partial charge >= 0.3 is 0 Å². The van der Waals surface area contributed by atoms with Crippen LogP contribution in [0.25, 0.3) is 0 Å². The van der Waals surface area contributed by atoms with Crippen molar-refractivity contribution < 1.29 is 9.47 Å². The van der Waals surface area contributed by atoms with Gasteiger partial charge in [-0.1, -0.05) is 12.1 Å². The Bertz CT molecular complexity index is 654. The number of pyridine rings is 1. The minimum Gasteiger partial charge on any atom is -0.454 e. The third-order valence-electron chi connectivity index (χ3n) is 4.30. The molecule has 0 aliphatic carbocycles. The summed E-state index contributed by atoms with van der Waals surface area (Å²) in [7, 11) is 0. The highest BCUT2D eigenvalue weighted by atomic mass is 35.5. The smallest absolute Gasteiger partial charge is 0.231 e. The van der Waals surface area contributed by atoms with E-state index in [1.54, 1.807) is 0 Å². The summed E-state index contributed by atoms with van der Waals surface area (Å²) in [5, 5.41) is 3.48. The second kappa shape index (κ2) is 7.17. The van der Waals surface area contributed by atoms with Gasteiger partial charge < -0.3 is 14.8 Å². The lowest BCUT2D eigenvalue weighted by atomic mass is 10.0. The average molecular weight is 334 g/mol. The van der Waals surface area contributed by atoms with Crippen molar-refractivity contribution in [3.05, 3.63) is 53.9 Å². The first-order valence-corrected chi connectivity index (χ1v) is 7.64. The summed E-state index contributed by atoms with van der Waals surface area (Å²) in [6, 6.07) is 10.7. The van der Waals surface area contributed by atoms with E-state index in [4.69, 9.17) is 9.47 Å². The van der Waals surface area contributed by atoms with Gasteiger partial charge in [0.25, 0.3) is 0 Å². The van der Waals surface area contributed by atoms with Crippen molar-refractivity contribution in [1.29, 1.82) is 0 Å². The van der Waals surface area contributed by atoms with Gasteiger partial charge in [-0.05, 0) is 23.8 Å². The van der Waals surface area contributed by atoms with E-state index >= 15 is 0 Å². The molecule has 6 heteroatoms. The average Bonchev–Trinajstić information content (AvgIpc) is 3.06. The maximum atomic E-state index is 5.64. The lowest BCUT2D eigenvalue weighted by Crippen LogP contribution is -2.45. The normalized spacial score (nSPS) is 20.1. The Balaban J connectivity index is 0.00000156. The predicted molar refractivity (Wildman–Crippen MR) is 90.1 cm³/mol. The van der Waals surface area contributed by atoms with Gasteiger partial charge in [0, 0.05) is 50.2 Å². The first-order valence-electron chi connectivity index (χ1n) is 7.64. The number of aromatic nitrogens is 1. The molecule has 4 rings (SSSR count). The zero-order valence-electron chi connectivity index (χ0n) is 12.8. The lowest BCUT2D eigenvalue weighted by Gasteiger charge is -2.36. The first kappa shape index (κ1) is 16.1. The molecule has 2 aromatic rings. The van der Waals surface area contributed by atoms with Gasteiger partial charge in [0.05, 0.1) is 0 Å². The number of rotatable bonds is 3. The Kier molecular flexibility index (Phi) is 5.00. The van der Waals surface area contributed by atoms with E-state index in [0.717, 1.165) is 37.7 Å². The molecule has 1 atom stereocenters. The SMILES string of the molecule is Cl.c1cc(CN2CCNCC2c2ccncc2)c2c(c1)OCO2. The van der Waals surface area contributed by atoms with E-state index in [1.807, 2.05) is 24.5 Å². The standard InChI is InChI=1S/C17H19N3O2.ClH/c1-2-14(17-16(3-1)21-12-22-17)11-20-9-8-19-10-15(20)13-4-6-18-7-5-13;/h1-7,15,19H,8-12H2;1H. The highest BCUT2D eigenvalue weighted by Crippen LogP contribution is 2.37. The summed E-state index contributed by atoms with van der Waals surface area (Å²) in [6.07, 6.45) is 3.72. The monoisotopic (exact) mass is 333 g/mol. The van der Waals surface area contributed by atoms with Crippen LogP contribution < -0.4 is 14.8 Å². The van der Waals surface area contributed by atoms with E-state index in [-0.39, 0.29) is 12.4 Å². The second-order valence-corrected chi connectivity index (χ2v) is 5.62. The Morgan fingerprint density at radius 1 is 1.17 bits per heavy atom. The molecule has 1 saturated heterocycles. The molecule has 0 amide bonds. The summed E-state index contributed by atoms with van der Waals surface area (Å²) in [5.74, 6) is 1.75. The largest absolute Gasteiger partial charge is 0.454 e. The highest BCUT2D eigenvalue weighted by Gasteiger charge is 2.26. The van der Waals surface area contributed by atoms with Crippen LogP contribution >= 0.6 is 12.4 Å². The maximum Gasteiger partial charge on any atom is 0.231 e. The quantitative estimate of drug-likeness (QED) is 0.934. The number of hydrogen-bond acceptors (Lipinski definition) is 5. The third kappa shape index (κ3) is 3.27. The van der Waals surface area contributed by atoms with Crippen LogP contribution in [0.2, 0.25) is 0 Å². The van der Waals surface area contributed by atoms with Crippen LogP contribution in [-0.2, 0) is 6.54 Å². The van der Waals surface area contributed by atoms with Crippen molar-refractivity contribution in [2.45, 2.75) is 12.6 Å². The van der Waals surface area contributed by atoms with Crippen molar-refractivity contribution in [3.8, 4) is 11.5 Å². The van der Waals surface area contributed by atoms with Gasteiger partial charge in [-0.3, -0.25) is 9.88 Å². The third-order valence-corrected chi connectivity index (χ3v) is 4.30. The molecule has 0 spiro atoms. The second-order valence-electron chi connectivity index (χ2n) is 5.62. The number of halogens is 1. The van der Waals surface area contributed by atoms with Crippen LogP contribution in [0.3, 0.4) is 0 Å². The fourth-order valence-corrected chi connectivity index (χ4v) is 3.18. The molecule has 1 unspecified atom stereocenters. The van der Waals surface area contributed by atoms with E-state index in [9.17, 15) is 0 Å². The highest BCUT2D eigenvalue weighted by molar-refractivity contribution is 5.85. The number of hydrogen-bond donors (Lipinski definition) is 1. The van der Waals surface area contributed by atoms with Crippen LogP contribution in [0.5, 0.6) is 11.5 Å². The Morgan fingerprint density at radius 3 is 2.91 bits per heavy atom. The Morgan fingerprint density at radius 2 is 2.04 bits per heavy atom. The van der Waals surface area contributed by atoms with Gasteiger partial charge in [0.1, 0.15) is 0 Å². The molecular weight excluding hydrogens is 314 g/mol. The van der Waals surface area contributed by atoms with Gasteiger partial charge in [0.2, 0.25) is 6.79 Å². The Hall–Kier alpha value is -1.82. The number of benzene rings is 1. The molecule has 0 bridgehead atoms. The summed E-state index contributed by atoms with van der Waals surface area (Å²) < 4.78 is 11.1. The predicted octanol–water partition coefficient (Wildman–Crippen LogP) is 2.38. The molecule has 2 aliphatic rings. The number of para-hydroxylation sites is 1. The van der Waals surface area contributed by atoms with Gasteiger partial charge in [-0.2, -0.15) is 0 Å². The fraction of sp³-hybridized carbons (Fsp3) is 0.353. The first-order chi connectivity index (χ1) is 10.9. The van der Waals surface area contributed by atoms with E-state index in [1.165, 1.54) is 11.1 Å². The summed E-state index contributed by atoms with van der Waals surface area (Å²) in [4.78, 5) is 6.61. The van der Waals surface area contributed by atoms with Crippen molar-refractivity contribution in [2.24, 2.45) is 0 Å². The molecule has 1 N–H and O–H groups in total. The molecule has 122 valence electrons. The van der Waals surface area contributed by atoms with Crippen molar-refractivity contribution in [2.75, 3.05) is 26.4 Å². The van der Waals surface area contributed by atoms with E-state index in [2.05, 4.69) is 33.4 Å². The molecule has 1 aromatic carbocycles. The molecular formula is C17H20ClN3O2. The molecule has 1 fully saturated rings. The summed E-state index contributed by atoms with van der Waals surface area (Å²) >= 11 is 0. The zero-order valence-corrected chi connectivity index (χ0v) is 13.6. The molecule has 23 heavy (non-hydrogen) atoms. The van der Waals surface area contributed by atoms with Crippen LogP contribution in [0.1, 0.15) is 17.2 Å². The number of piperazine rings is 1. The van der Waals surface area contributed by atoms with Crippen molar-refractivity contribution in [1.82, 2.24) is 15.2 Å². The van der Waals surface area contributed by atoms with Gasteiger partial charge in [-0.15, -0.1) is 12.4 Å². The minimum absolute atomic E-state index is 0. The number of nitrogens with zero attached hydrogens (tertiary/aromatic N) is 2.